The Morgan fingerprint density at radius 2 is 2.15 bits per heavy atom. The van der Waals surface area contributed by atoms with Crippen LogP contribution in [-0.2, 0) is 16.1 Å². The van der Waals surface area contributed by atoms with Gasteiger partial charge in [0.05, 0.1) is 13.1 Å². The number of amides is 2. The molecule has 7 heteroatoms. The molecule has 0 aliphatic carbocycles. The quantitative estimate of drug-likeness (QED) is 0.869. The summed E-state index contributed by atoms with van der Waals surface area (Å²) in [5.41, 5.74) is -0.830. The highest BCUT2D eigenvalue weighted by Gasteiger charge is 2.44. The highest BCUT2D eigenvalue weighted by molar-refractivity contribution is 5.97. The van der Waals surface area contributed by atoms with Crippen LogP contribution in [0.15, 0.2) is 6.33 Å². The zero-order valence-electron chi connectivity index (χ0n) is 12.4. The third-order valence-electron chi connectivity index (χ3n) is 3.91. The maximum Gasteiger partial charge on any atom is 0.246 e. The molecule has 110 valence electrons. The smallest absolute Gasteiger partial charge is 0.246 e. The lowest BCUT2D eigenvalue weighted by Crippen LogP contribution is -2.65. The molecular formula is C13H21N5O2. The summed E-state index contributed by atoms with van der Waals surface area (Å²) < 4.78 is 1.77. The van der Waals surface area contributed by atoms with Gasteiger partial charge < -0.3 is 10.2 Å². The molecule has 1 aromatic rings. The second-order valence-corrected chi connectivity index (χ2v) is 5.50. The Balaban J connectivity index is 2.31. The second kappa shape index (κ2) is 5.22. The van der Waals surface area contributed by atoms with Crippen LogP contribution in [0.25, 0.3) is 0 Å². The van der Waals surface area contributed by atoms with Crippen molar-refractivity contribution in [3.05, 3.63) is 12.2 Å². The van der Waals surface area contributed by atoms with Gasteiger partial charge in [-0.05, 0) is 27.2 Å². The number of carbonyl (C=O) groups excluding carboxylic acids is 2. The Morgan fingerprint density at radius 3 is 2.75 bits per heavy atom. The van der Waals surface area contributed by atoms with Crippen LogP contribution in [0.3, 0.4) is 0 Å². The van der Waals surface area contributed by atoms with Crippen LogP contribution in [0.2, 0.25) is 0 Å². The molecule has 0 saturated carbocycles. The molecule has 0 radical (unpaired) electrons. The molecule has 1 N–H and O–H groups in total. The highest BCUT2D eigenvalue weighted by atomic mass is 16.2. The number of carbonyl (C=O) groups is 2. The van der Waals surface area contributed by atoms with Crippen molar-refractivity contribution in [2.75, 3.05) is 6.54 Å². The largest absolute Gasteiger partial charge is 0.345 e. The van der Waals surface area contributed by atoms with E-state index in [-0.39, 0.29) is 24.4 Å². The zero-order chi connectivity index (χ0) is 14.9. The summed E-state index contributed by atoms with van der Waals surface area (Å²) in [6, 6.07) is 0.161. The average Bonchev–Trinajstić information content (AvgIpc) is 2.87. The highest BCUT2D eigenvalue weighted by Crippen LogP contribution is 2.25. The molecule has 1 aromatic heterocycles. The van der Waals surface area contributed by atoms with E-state index in [0.29, 0.717) is 18.8 Å². The lowest BCUT2D eigenvalue weighted by Gasteiger charge is -2.42. The van der Waals surface area contributed by atoms with Crippen molar-refractivity contribution in [2.45, 2.75) is 52.2 Å². The Morgan fingerprint density at radius 1 is 1.45 bits per heavy atom. The topological polar surface area (TPSA) is 80.1 Å². The van der Waals surface area contributed by atoms with Gasteiger partial charge in [0.25, 0.3) is 0 Å². The number of hydrogen-bond donors (Lipinski definition) is 1. The van der Waals surface area contributed by atoms with Gasteiger partial charge in [-0.15, -0.1) is 0 Å². The lowest BCUT2D eigenvalue weighted by atomic mass is 9.92. The number of hydrogen-bond acceptors (Lipinski definition) is 4. The molecule has 2 rings (SSSR count). The van der Waals surface area contributed by atoms with Crippen molar-refractivity contribution in [2.24, 2.45) is 0 Å². The maximum atomic E-state index is 12.2. The molecule has 20 heavy (non-hydrogen) atoms. The average molecular weight is 279 g/mol. The van der Waals surface area contributed by atoms with Crippen LogP contribution in [0.4, 0.5) is 0 Å². The molecule has 0 bridgehead atoms. The van der Waals surface area contributed by atoms with Crippen molar-refractivity contribution in [3.63, 3.8) is 0 Å². The molecule has 1 unspecified atom stereocenters. The summed E-state index contributed by atoms with van der Waals surface area (Å²) in [4.78, 5) is 30.1. The molecule has 2 heterocycles. The van der Waals surface area contributed by atoms with Gasteiger partial charge in [0.15, 0.2) is 0 Å². The number of aromatic nitrogens is 3. The molecule has 1 fully saturated rings. The van der Waals surface area contributed by atoms with Crippen LogP contribution in [-0.4, -0.2) is 43.6 Å². The van der Waals surface area contributed by atoms with Gasteiger partial charge in [0, 0.05) is 6.04 Å². The van der Waals surface area contributed by atoms with E-state index in [2.05, 4.69) is 15.4 Å². The molecule has 1 aliphatic heterocycles. The van der Waals surface area contributed by atoms with E-state index in [4.69, 9.17) is 0 Å². The van der Waals surface area contributed by atoms with Crippen LogP contribution >= 0.6 is 0 Å². The maximum absolute atomic E-state index is 12.2. The lowest BCUT2D eigenvalue weighted by molar-refractivity contribution is -0.154. The molecule has 2 amide bonds. The zero-order valence-corrected chi connectivity index (χ0v) is 12.4. The standard InChI is InChI=1S/C13H21N5O2/c1-5-13(4)12(20)14-6-11(19)17(13)7-10-15-8-16-18(10)9(2)3/h8-9H,5-7H2,1-4H3,(H,14,20). The van der Waals surface area contributed by atoms with Crippen LogP contribution in [0.5, 0.6) is 0 Å². The molecule has 1 saturated heterocycles. The van der Waals surface area contributed by atoms with Crippen molar-refractivity contribution in [1.29, 1.82) is 0 Å². The molecule has 1 aliphatic rings. The molecule has 1 atom stereocenters. The van der Waals surface area contributed by atoms with E-state index in [1.807, 2.05) is 20.8 Å². The number of nitrogens with zero attached hydrogens (tertiary/aromatic N) is 4. The monoisotopic (exact) mass is 279 g/mol. The molecule has 7 nitrogen and oxygen atoms in total. The van der Waals surface area contributed by atoms with Gasteiger partial charge in [-0.2, -0.15) is 5.10 Å². The fourth-order valence-corrected chi connectivity index (χ4v) is 2.41. The minimum atomic E-state index is -0.830. The van der Waals surface area contributed by atoms with E-state index in [1.54, 1.807) is 16.5 Å². The fraction of sp³-hybridized carbons (Fsp3) is 0.692. The molecule has 0 aromatic carbocycles. The second-order valence-electron chi connectivity index (χ2n) is 5.50. The third-order valence-corrected chi connectivity index (χ3v) is 3.91. The summed E-state index contributed by atoms with van der Waals surface area (Å²) in [5.74, 6) is 0.491. The first-order valence-electron chi connectivity index (χ1n) is 6.87. The normalized spacial score (nSPS) is 23.4. The van der Waals surface area contributed by atoms with Crippen molar-refractivity contribution in [1.82, 2.24) is 25.0 Å². The van der Waals surface area contributed by atoms with Gasteiger partial charge in [0.1, 0.15) is 17.7 Å². The minimum absolute atomic E-state index is 0.0459. The number of piperazine rings is 1. The van der Waals surface area contributed by atoms with Gasteiger partial charge in [0.2, 0.25) is 11.8 Å². The summed E-state index contributed by atoms with van der Waals surface area (Å²) in [6.45, 7) is 8.04. The Labute approximate surface area is 118 Å². The van der Waals surface area contributed by atoms with E-state index >= 15 is 0 Å². The third kappa shape index (κ3) is 2.28. The summed E-state index contributed by atoms with van der Waals surface area (Å²) >= 11 is 0. The Kier molecular flexibility index (Phi) is 3.78. The number of rotatable bonds is 4. The first-order chi connectivity index (χ1) is 9.40. The van der Waals surface area contributed by atoms with Crippen LogP contribution in [0, 0.1) is 0 Å². The Bertz CT molecular complexity index is 525. The predicted molar refractivity (Wildman–Crippen MR) is 72.7 cm³/mol. The van der Waals surface area contributed by atoms with Crippen molar-refractivity contribution < 1.29 is 9.59 Å². The van der Waals surface area contributed by atoms with E-state index < -0.39 is 5.54 Å². The summed E-state index contributed by atoms with van der Waals surface area (Å²) in [6.07, 6.45) is 2.04. The number of nitrogens with one attached hydrogen (secondary N) is 1. The first-order valence-corrected chi connectivity index (χ1v) is 6.87. The van der Waals surface area contributed by atoms with Gasteiger partial charge >= 0.3 is 0 Å². The fourth-order valence-electron chi connectivity index (χ4n) is 2.41. The van der Waals surface area contributed by atoms with Gasteiger partial charge in [-0.3, -0.25) is 9.59 Å². The molecule has 0 spiro atoms. The van der Waals surface area contributed by atoms with Crippen LogP contribution in [0.1, 0.15) is 46.0 Å². The summed E-state index contributed by atoms with van der Waals surface area (Å²) in [7, 11) is 0. The summed E-state index contributed by atoms with van der Waals surface area (Å²) in [5, 5.41) is 6.81. The van der Waals surface area contributed by atoms with Gasteiger partial charge in [-0.25, -0.2) is 9.67 Å². The predicted octanol–water partition coefficient (Wildman–Crippen LogP) is 0.486. The van der Waals surface area contributed by atoms with Crippen molar-refractivity contribution >= 4 is 11.8 Å². The van der Waals surface area contributed by atoms with E-state index in [1.165, 1.54) is 6.33 Å². The Hall–Kier alpha value is -1.92. The SMILES string of the molecule is CCC1(C)C(=O)NCC(=O)N1Cc1ncnn1C(C)C. The minimum Gasteiger partial charge on any atom is -0.345 e. The van der Waals surface area contributed by atoms with Crippen LogP contribution < -0.4 is 5.32 Å². The molecular weight excluding hydrogens is 258 g/mol. The first kappa shape index (κ1) is 14.5. The van der Waals surface area contributed by atoms with Crippen molar-refractivity contribution in [3.8, 4) is 0 Å². The van der Waals surface area contributed by atoms with Gasteiger partial charge in [-0.1, -0.05) is 6.92 Å². The van der Waals surface area contributed by atoms with E-state index in [9.17, 15) is 9.59 Å². The van der Waals surface area contributed by atoms with E-state index in [0.717, 1.165) is 0 Å².